The average Bonchev–Trinajstić information content (AvgIpc) is 2.31. The van der Waals surface area contributed by atoms with Gasteiger partial charge in [-0.3, -0.25) is 9.59 Å². The van der Waals surface area contributed by atoms with Crippen LogP contribution in [-0.2, 0) is 14.3 Å². The van der Waals surface area contributed by atoms with Crippen LogP contribution in [-0.4, -0.2) is 48.6 Å². The molecule has 0 spiro atoms. The van der Waals surface area contributed by atoms with Crippen molar-refractivity contribution in [3.05, 3.63) is 0 Å². The predicted octanol–water partition coefficient (Wildman–Crippen LogP) is 0.537. The Balaban J connectivity index is 2.95. The minimum Gasteiger partial charge on any atom is -0.383 e. The summed E-state index contributed by atoms with van der Waals surface area (Å²) in [6, 6.07) is -0.819. The molecule has 1 rings (SSSR count). The summed E-state index contributed by atoms with van der Waals surface area (Å²) in [4.78, 5) is 25.7. The quantitative estimate of drug-likeness (QED) is 0.765. The summed E-state index contributed by atoms with van der Waals surface area (Å²) in [7, 11) is 1.61. The standard InChI is InChI=1S/C12H22N2O3/c1-5-9(7-17-4)14-10(6-2)11(15)13-8(3)12(14)16/h8-10H,5-7H2,1-4H3,(H,13,15). The van der Waals surface area contributed by atoms with E-state index in [0.29, 0.717) is 13.0 Å². The third-order valence-corrected chi connectivity index (χ3v) is 3.23. The number of piperazine rings is 1. The zero-order valence-electron chi connectivity index (χ0n) is 11.0. The van der Waals surface area contributed by atoms with E-state index in [0.717, 1.165) is 6.42 Å². The molecule has 3 unspecified atom stereocenters. The number of methoxy groups -OCH3 is 1. The molecule has 0 radical (unpaired) electrons. The fraction of sp³-hybridized carbons (Fsp3) is 0.833. The Morgan fingerprint density at radius 3 is 2.53 bits per heavy atom. The van der Waals surface area contributed by atoms with E-state index in [1.807, 2.05) is 13.8 Å². The summed E-state index contributed by atoms with van der Waals surface area (Å²) in [5.41, 5.74) is 0. The van der Waals surface area contributed by atoms with Gasteiger partial charge in [0, 0.05) is 7.11 Å². The number of hydrogen-bond acceptors (Lipinski definition) is 3. The largest absolute Gasteiger partial charge is 0.383 e. The Labute approximate surface area is 102 Å². The van der Waals surface area contributed by atoms with Gasteiger partial charge >= 0.3 is 0 Å². The van der Waals surface area contributed by atoms with Crippen LogP contribution in [0.25, 0.3) is 0 Å². The molecule has 0 aromatic rings. The van der Waals surface area contributed by atoms with E-state index in [1.54, 1.807) is 18.9 Å². The minimum absolute atomic E-state index is 0.0136. The van der Waals surface area contributed by atoms with Crippen LogP contribution in [0.15, 0.2) is 0 Å². The fourth-order valence-electron chi connectivity index (χ4n) is 2.28. The molecule has 1 aliphatic rings. The zero-order chi connectivity index (χ0) is 13.0. The maximum Gasteiger partial charge on any atom is 0.245 e. The third kappa shape index (κ3) is 2.77. The number of carbonyl (C=O) groups excluding carboxylic acids is 2. The molecule has 98 valence electrons. The fourth-order valence-corrected chi connectivity index (χ4v) is 2.28. The van der Waals surface area contributed by atoms with Gasteiger partial charge in [-0.25, -0.2) is 0 Å². The van der Waals surface area contributed by atoms with E-state index in [-0.39, 0.29) is 23.9 Å². The number of carbonyl (C=O) groups is 2. The molecule has 0 aromatic carbocycles. The molecule has 1 fully saturated rings. The second-order valence-electron chi connectivity index (χ2n) is 4.42. The van der Waals surface area contributed by atoms with Crippen molar-refractivity contribution in [3.63, 3.8) is 0 Å². The van der Waals surface area contributed by atoms with Gasteiger partial charge in [0.1, 0.15) is 12.1 Å². The molecule has 2 amide bonds. The second-order valence-corrected chi connectivity index (χ2v) is 4.42. The van der Waals surface area contributed by atoms with Crippen LogP contribution in [0, 0.1) is 0 Å². The first-order valence-electron chi connectivity index (χ1n) is 6.18. The normalized spacial score (nSPS) is 26.9. The smallest absolute Gasteiger partial charge is 0.245 e. The molecule has 1 N–H and O–H groups in total. The summed E-state index contributed by atoms with van der Waals surface area (Å²) in [5, 5.41) is 2.71. The second kappa shape index (κ2) is 6.00. The van der Waals surface area contributed by atoms with Crippen LogP contribution in [0.1, 0.15) is 33.6 Å². The average molecular weight is 242 g/mol. The van der Waals surface area contributed by atoms with Crippen LogP contribution in [0.2, 0.25) is 0 Å². The van der Waals surface area contributed by atoms with E-state index in [1.165, 1.54) is 0 Å². The third-order valence-electron chi connectivity index (χ3n) is 3.23. The first-order chi connectivity index (χ1) is 8.06. The van der Waals surface area contributed by atoms with E-state index in [9.17, 15) is 9.59 Å². The highest BCUT2D eigenvalue weighted by Gasteiger charge is 2.40. The summed E-state index contributed by atoms with van der Waals surface area (Å²) >= 11 is 0. The van der Waals surface area contributed by atoms with E-state index >= 15 is 0 Å². The van der Waals surface area contributed by atoms with Gasteiger partial charge < -0.3 is 15.0 Å². The van der Waals surface area contributed by atoms with Crippen LogP contribution >= 0.6 is 0 Å². The topological polar surface area (TPSA) is 58.6 Å². The Bertz CT molecular complexity index is 293. The molecule has 0 saturated carbocycles. The van der Waals surface area contributed by atoms with Gasteiger partial charge in [-0.15, -0.1) is 0 Å². The minimum atomic E-state index is -0.434. The van der Waals surface area contributed by atoms with Crippen molar-refractivity contribution < 1.29 is 14.3 Å². The summed E-state index contributed by atoms with van der Waals surface area (Å²) in [5.74, 6) is -0.0745. The van der Waals surface area contributed by atoms with Crippen LogP contribution in [0.4, 0.5) is 0 Å². The van der Waals surface area contributed by atoms with Crippen LogP contribution in [0.5, 0.6) is 0 Å². The lowest BCUT2D eigenvalue weighted by Gasteiger charge is -2.42. The summed E-state index contributed by atoms with van der Waals surface area (Å²) in [6.07, 6.45) is 1.42. The van der Waals surface area contributed by atoms with E-state index in [4.69, 9.17) is 4.74 Å². The van der Waals surface area contributed by atoms with Crippen molar-refractivity contribution in [1.29, 1.82) is 0 Å². The molecule has 5 heteroatoms. The van der Waals surface area contributed by atoms with Crippen LogP contribution < -0.4 is 5.32 Å². The van der Waals surface area contributed by atoms with Crippen molar-refractivity contribution in [2.75, 3.05) is 13.7 Å². The molecule has 3 atom stereocenters. The molecule has 1 heterocycles. The lowest BCUT2D eigenvalue weighted by Crippen LogP contribution is -2.65. The Hall–Kier alpha value is -1.10. The SMILES string of the molecule is CCC(COC)N1C(=O)C(C)NC(=O)C1CC. The van der Waals surface area contributed by atoms with Gasteiger partial charge in [-0.05, 0) is 19.8 Å². The molecular weight excluding hydrogens is 220 g/mol. The van der Waals surface area contributed by atoms with Gasteiger partial charge in [0.2, 0.25) is 11.8 Å². The lowest BCUT2D eigenvalue weighted by molar-refractivity contribution is -0.153. The molecule has 0 aromatic heterocycles. The van der Waals surface area contributed by atoms with Crippen molar-refractivity contribution in [2.24, 2.45) is 0 Å². The van der Waals surface area contributed by atoms with Gasteiger partial charge in [0.05, 0.1) is 12.6 Å². The summed E-state index contributed by atoms with van der Waals surface area (Å²) in [6.45, 7) is 6.11. The van der Waals surface area contributed by atoms with Crippen molar-refractivity contribution in [1.82, 2.24) is 10.2 Å². The first kappa shape index (κ1) is 14.0. The predicted molar refractivity (Wildman–Crippen MR) is 64.5 cm³/mol. The highest BCUT2D eigenvalue weighted by Crippen LogP contribution is 2.18. The van der Waals surface area contributed by atoms with Gasteiger partial charge in [-0.2, -0.15) is 0 Å². The molecule has 0 aliphatic carbocycles. The van der Waals surface area contributed by atoms with Gasteiger partial charge in [-0.1, -0.05) is 13.8 Å². The number of ether oxygens (including phenoxy) is 1. The van der Waals surface area contributed by atoms with E-state index in [2.05, 4.69) is 5.32 Å². The zero-order valence-corrected chi connectivity index (χ0v) is 11.0. The molecule has 0 bridgehead atoms. The van der Waals surface area contributed by atoms with Crippen molar-refractivity contribution in [3.8, 4) is 0 Å². The Morgan fingerprint density at radius 2 is 2.06 bits per heavy atom. The van der Waals surface area contributed by atoms with Gasteiger partial charge in [0.25, 0.3) is 0 Å². The number of hydrogen-bond donors (Lipinski definition) is 1. The Morgan fingerprint density at radius 1 is 1.41 bits per heavy atom. The molecule has 1 aliphatic heterocycles. The maximum atomic E-state index is 12.2. The highest BCUT2D eigenvalue weighted by molar-refractivity contribution is 5.96. The van der Waals surface area contributed by atoms with Crippen LogP contribution in [0.3, 0.4) is 0 Å². The van der Waals surface area contributed by atoms with Crippen molar-refractivity contribution >= 4 is 11.8 Å². The highest BCUT2D eigenvalue weighted by atomic mass is 16.5. The summed E-state index contributed by atoms with van der Waals surface area (Å²) < 4.78 is 5.13. The Kier molecular flexibility index (Phi) is 4.93. The molecule has 17 heavy (non-hydrogen) atoms. The van der Waals surface area contributed by atoms with Gasteiger partial charge in [0.15, 0.2) is 0 Å². The molecule has 5 nitrogen and oxygen atoms in total. The number of nitrogens with one attached hydrogen (secondary N) is 1. The first-order valence-corrected chi connectivity index (χ1v) is 6.18. The number of rotatable bonds is 5. The van der Waals surface area contributed by atoms with E-state index < -0.39 is 6.04 Å². The number of nitrogens with zero attached hydrogens (tertiary/aromatic N) is 1. The molecule has 1 saturated heterocycles. The monoisotopic (exact) mass is 242 g/mol. The lowest BCUT2D eigenvalue weighted by atomic mass is 10.0. The van der Waals surface area contributed by atoms with Crippen molar-refractivity contribution in [2.45, 2.75) is 51.7 Å². The molecular formula is C12H22N2O3. The maximum absolute atomic E-state index is 12.2. The number of amides is 2.